The Hall–Kier alpha value is -2.10. The highest BCUT2D eigenvalue weighted by Crippen LogP contribution is 2.22. The number of nitrogens with zero attached hydrogens (tertiary/aromatic N) is 1. The summed E-state index contributed by atoms with van der Waals surface area (Å²) in [5.41, 5.74) is 0.487. The van der Waals surface area contributed by atoms with Gasteiger partial charge in [0.1, 0.15) is 0 Å². The fourth-order valence-corrected chi connectivity index (χ4v) is 1.20. The number of para-hydroxylation sites is 1. The molecule has 0 unspecified atom stereocenters. The minimum Gasteiger partial charge on any atom is -0.404 e. The van der Waals surface area contributed by atoms with E-state index in [2.05, 4.69) is 11.3 Å². The van der Waals surface area contributed by atoms with Gasteiger partial charge in [0.15, 0.2) is 5.76 Å². The highest BCUT2D eigenvalue weighted by atomic mass is 16.6. The number of anilines is 1. The topological polar surface area (TPSA) is 46.6 Å². The molecule has 0 aromatic heterocycles. The Labute approximate surface area is 80.4 Å². The van der Waals surface area contributed by atoms with Crippen molar-refractivity contribution in [1.82, 2.24) is 0 Å². The third-order valence-corrected chi connectivity index (χ3v) is 1.85. The molecule has 1 fully saturated rings. The van der Waals surface area contributed by atoms with Crippen molar-refractivity contribution < 1.29 is 14.3 Å². The van der Waals surface area contributed by atoms with E-state index in [-0.39, 0.29) is 5.76 Å². The zero-order chi connectivity index (χ0) is 10.1. The number of carbonyl (C=O) groups is 2. The maximum absolute atomic E-state index is 11.4. The first kappa shape index (κ1) is 8.50. The van der Waals surface area contributed by atoms with Crippen molar-refractivity contribution in [2.24, 2.45) is 0 Å². The van der Waals surface area contributed by atoms with E-state index < -0.39 is 12.0 Å². The van der Waals surface area contributed by atoms with Crippen LogP contribution in [0.1, 0.15) is 0 Å². The van der Waals surface area contributed by atoms with Crippen molar-refractivity contribution >= 4 is 17.7 Å². The molecule has 0 aliphatic carbocycles. The van der Waals surface area contributed by atoms with E-state index in [9.17, 15) is 9.59 Å². The summed E-state index contributed by atoms with van der Waals surface area (Å²) in [6.45, 7) is 3.33. The fourth-order valence-electron chi connectivity index (χ4n) is 1.20. The molecule has 1 aliphatic rings. The van der Waals surface area contributed by atoms with Gasteiger partial charge in [-0.15, -0.1) is 0 Å². The number of rotatable bonds is 1. The number of hydrogen-bond donors (Lipinski definition) is 0. The molecule has 14 heavy (non-hydrogen) atoms. The summed E-state index contributed by atoms with van der Waals surface area (Å²) in [4.78, 5) is 23.6. The number of imide groups is 1. The second kappa shape index (κ2) is 2.99. The number of cyclic esters (lactones) is 1. The molecule has 2 rings (SSSR count). The van der Waals surface area contributed by atoms with Gasteiger partial charge in [-0.1, -0.05) is 18.2 Å². The predicted molar refractivity (Wildman–Crippen MR) is 49.5 cm³/mol. The summed E-state index contributed by atoms with van der Waals surface area (Å²) in [7, 11) is 0. The van der Waals surface area contributed by atoms with Crippen molar-refractivity contribution in [3.8, 4) is 0 Å². The molecule has 1 aliphatic heterocycles. The van der Waals surface area contributed by atoms with Gasteiger partial charge in [-0.25, -0.2) is 9.69 Å². The Kier molecular flexibility index (Phi) is 1.81. The molecule has 4 heteroatoms. The Morgan fingerprint density at radius 2 is 1.79 bits per heavy atom. The standard InChI is InChI=1S/C10H7NO3/c1-7-9(12)11(10(13)14-7)8-5-3-2-4-6-8/h2-6H,1H2. The van der Waals surface area contributed by atoms with E-state index in [0.717, 1.165) is 4.90 Å². The van der Waals surface area contributed by atoms with Crippen molar-refractivity contribution in [1.29, 1.82) is 0 Å². The van der Waals surface area contributed by atoms with E-state index >= 15 is 0 Å². The van der Waals surface area contributed by atoms with Gasteiger partial charge < -0.3 is 4.74 Å². The highest BCUT2D eigenvalue weighted by molar-refractivity contribution is 6.23. The van der Waals surface area contributed by atoms with Gasteiger partial charge in [0.05, 0.1) is 5.69 Å². The maximum Gasteiger partial charge on any atom is 0.427 e. The number of hydrogen-bond acceptors (Lipinski definition) is 3. The molecule has 4 nitrogen and oxygen atoms in total. The van der Waals surface area contributed by atoms with Crippen LogP contribution < -0.4 is 4.90 Å². The lowest BCUT2D eigenvalue weighted by Gasteiger charge is -2.08. The monoisotopic (exact) mass is 189 g/mol. The number of ether oxygens (including phenoxy) is 1. The lowest BCUT2D eigenvalue weighted by Crippen LogP contribution is -2.27. The minimum absolute atomic E-state index is 0.140. The van der Waals surface area contributed by atoms with E-state index in [4.69, 9.17) is 0 Å². The number of benzene rings is 1. The van der Waals surface area contributed by atoms with Gasteiger partial charge in [0.25, 0.3) is 0 Å². The molecular weight excluding hydrogens is 182 g/mol. The zero-order valence-electron chi connectivity index (χ0n) is 7.27. The molecule has 1 aromatic carbocycles. The molecule has 0 atom stereocenters. The molecule has 70 valence electrons. The van der Waals surface area contributed by atoms with Gasteiger partial charge in [-0.3, -0.25) is 4.79 Å². The Balaban J connectivity index is 2.41. The highest BCUT2D eigenvalue weighted by Gasteiger charge is 2.36. The molecule has 1 heterocycles. The van der Waals surface area contributed by atoms with Gasteiger partial charge in [0, 0.05) is 0 Å². The second-order valence-electron chi connectivity index (χ2n) is 2.77. The van der Waals surface area contributed by atoms with Crippen LogP contribution in [0, 0.1) is 0 Å². The van der Waals surface area contributed by atoms with Crippen LogP contribution in [-0.2, 0) is 9.53 Å². The molecule has 2 amide bonds. The summed E-state index contributed by atoms with van der Waals surface area (Å²) < 4.78 is 4.58. The second-order valence-corrected chi connectivity index (χ2v) is 2.77. The van der Waals surface area contributed by atoms with Crippen molar-refractivity contribution in [3.05, 3.63) is 42.7 Å². The first-order valence-electron chi connectivity index (χ1n) is 4.00. The third kappa shape index (κ3) is 1.17. The van der Waals surface area contributed by atoms with Gasteiger partial charge >= 0.3 is 12.0 Å². The molecular formula is C10H7NO3. The summed E-state index contributed by atoms with van der Waals surface area (Å²) in [6, 6.07) is 8.56. The molecule has 1 saturated heterocycles. The predicted octanol–water partition coefficient (Wildman–Crippen LogP) is 1.68. The fraction of sp³-hybridized carbons (Fsp3) is 0. The van der Waals surface area contributed by atoms with Gasteiger partial charge in [-0.2, -0.15) is 0 Å². The number of amides is 2. The average molecular weight is 189 g/mol. The van der Waals surface area contributed by atoms with Crippen LogP contribution in [0.5, 0.6) is 0 Å². The minimum atomic E-state index is -0.703. The molecule has 0 radical (unpaired) electrons. The van der Waals surface area contributed by atoms with Crippen LogP contribution >= 0.6 is 0 Å². The SMILES string of the molecule is C=C1OC(=O)N(c2ccccc2)C1=O. The smallest absolute Gasteiger partial charge is 0.404 e. The molecule has 0 saturated carbocycles. The summed E-state index contributed by atoms with van der Waals surface area (Å²) in [5.74, 6) is -0.653. The Morgan fingerprint density at radius 3 is 2.29 bits per heavy atom. The lowest BCUT2D eigenvalue weighted by atomic mass is 10.3. The van der Waals surface area contributed by atoms with Crippen LogP contribution in [0.3, 0.4) is 0 Å². The van der Waals surface area contributed by atoms with Crippen LogP contribution in [0.2, 0.25) is 0 Å². The largest absolute Gasteiger partial charge is 0.427 e. The maximum atomic E-state index is 11.4. The third-order valence-electron chi connectivity index (χ3n) is 1.85. The Bertz CT molecular complexity index is 411. The normalized spacial score (nSPS) is 16.0. The summed E-state index contributed by atoms with van der Waals surface area (Å²) >= 11 is 0. The first-order chi connectivity index (χ1) is 6.70. The first-order valence-corrected chi connectivity index (χ1v) is 4.00. The zero-order valence-corrected chi connectivity index (χ0v) is 7.27. The van der Waals surface area contributed by atoms with Gasteiger partial charge in [0.2, 0.25) is 0 Å². The van der Waals surface area contributed by atoms with E-state index in [0.29, 0.717) is 5.69 Å². The van der Waals surface area contributed by atoms with Gasteiger partial charge in [-0.05, 0) is 18.7 Å². The van der Waals surface area contributed by atoms with Crippen molar-refractivity contribution in [2.45, 2.75) is 0 Å². The summed E-state index contributed by atoms with van der Waals surface area (Å²) in [5, 5.41) is 0. The Morgan fingerprint density at radius 1 is 1.14 bits per heavy atom. The van der Waals surface area contributed by atoms with Crippen LogP contribution in [-0.4, -0.2) is 12.0 Å². The van der Waals surface area contributed by atoms with E-state index in [1.807, 2.05) is 0 Å². The molecule has 0 N–H and O–H groups in total. The van der Waals surface area contributed by atoms with E-state index in [1.165, 1.54) is 0 Å². The van der Waals surface area contributed by atoms with E-state index in [1.54, 1.807) is 30.3 Å². The molecule has 1 aromatic rings. The van der Waals surface area contributed by atoms with Crippen molar-refractivity contribution in [2.75, 3.05) is 4.90 Å². The summed E-state index contributed by atoms with van der Waals surface area (Å²) in [6.07, 6.45) is -0.703. The number of carbonyl (C=O) groups excluding carboxylic acids is 2. The van der Waals surface area contributed by atoms with Crippen LogP contribution in [0.15, 0.2) is 42.7 Å². The lowest BCUT2D eigenvalue weighted by molar-refractivity contribution is -0.114. The molecule has 0 bridgehead atoms. The van der Waals surface area contributed by atoms with Crippen LogP contribution in [0.4, 0.5) is 10.5 Å². The molecule has 0 spiro atoms. The quantitative estimate of drug-likeness (QED) is 0.631. The average Bonchev–Trinajstić information content (AvgIpc) is 2.43. The van der Waals surface area contributed by atoms with Crippen molar-refractivity contribution in [3.63, 3.8) is 0 Å². The van der Waals surface area contributed by atoms with Crippen LogP contribution in [0.25, 0.3) is 0 Å².